The molecule has 3 heteroatoms. The third-order valence-electron chi connectivity index (χ3n) is 4.17. The average molecular weight is 247 g/mol. The Bertz CT molecular complexity index is 450. The number of nitrogens with one attached hydrogen (secondary N) is 1. The second-order valence-electron chi connectivity index (χ2n) is 5.38. The van der Waals surface area contributed by atoms with Gasteiger partial charge in [-0.25, -0.2) is 0 Å². The van der Waals surface area contributed by atoms with Gasteiger partial charge in [-0.15, -0.1) is 0 Å². The fraction of sp³-hybridized carbons (Fsp3) is 0.600. The Morgan fingerprint density at radius 2 is 2.17 bits per heavy atom. The van der Waals surface area contributed by atoms with E-state index >= 15 is 0 Å². The summed E-state index contributed by atoms with van der Waals surface area (Å²) in [6, 6.07) is 2.68. The highest BCUT2D eigenvalue weighted by atomic mass is 16.7. The summed E-state index contributed by atoms with van der Waals surface area (Å²) in [6.07, 6.45) is 4.96. The number of benzene rings is 1. The van der Waals surface area contributed by atoms with Crippen molar-refractivity contribution in [1.82, 2.24) is 5.32 Å². The van der Waals surface area contributed by atoms with Crippen molar-refractivity contribution in [3.8, 4) is 11.5 Å². The molecule has 3 nitrogen and oxygen atoms in total. The van der Waals surface area contributed by atoms with Crippen LogP contribution in [0.1, 0.15) is 36.0 Å². The van der Waals surface area contributed by atoms with E-state index in [4.69, 9.17) is 9.47 Å². The number of hydrogen-bond donors (Lipinski definition) is 1. The Kier molecular flexibility index (Phi) is 3.16. The van der Waals surface area contributed by atoms with Crippen LogP contribution in [0.15, 0.2) is 6.07 Å². The summed E-state index contributed by atoms with van der Waals surface area (Å²) in [4.78, 5) is 0. The smallest absolute Gasteiger partial charge is 0.231 e. The first-order valence-electron chi connectivity index (χ1n) is 6.88. The van der Waals surface area contributed by atoms with Crippen molar-refractivity contribution >= 4 is 0 Å². The molecule has 0 spiro atoms. The van der Waals surface area contributed by atoms with Gasteiger partial charge in [0.15, 0.2) is 11.5 Å². The van der Waals surface area contributed by atoms with Crippen LogP contribution in [0.25, 0.3) is 0 Å². The molecule has 0 bridgehead atoms. The lowest BCUT2D eigenvalue weighted by molar-refractivity contribution is 0.173. The van der Waals surface area contributed by atoms with Gasteiger partial charge in [-0.2, -0.15) is 0 Å². The SMILES string of the molecule is Cc1cc2c(c(CC3CCCCN3)c1C)OCO2. The molecule has 1 aromatic rings. The van der Waals surface area contributed by atoms with E-state index in [0.717, 1.165) is 24.5 Å². The van der Waals surface area contributed by atoms with E-state index < -0.39 is 0 Å². The monoisotopic (exact) mass is 247 g/mol. The molecule has 1 N–H and O–H groups in total. The van der Waals surface area contributed by atoms with Crippen LogP contribution in [0, 0.1) is 13.8 Å². The first-order chi connectivity index (χ1) is 8.75. The topological polar surface area (TPSA) is 30.5 Å². The molecule has 2 aliphatic rings. The lowest BCUT2D eigenvalue weighted by Gasteiger charge is -2.25. The maximum Gasteiger partial charge on any atom is 0.231 e. The third-order valence-corrected chi connectivity index (χ3v) is 4.17. The largest absolute Gasteiger partial charge is 0.454 e. The van der Waals surface area contributed by atoms with Gasteiger partial charge in [-0.3, -0.25) is 0 Å². The van der Waals surface area contributed by atoms with Crippen molar-refractivity contribution in [1.29, 1.82) is 0 Å². The summed E-state index contributed by atoms with van der Waals surface area (Å²) in [5.41, 5.74) is 3.98. The lowest BCUT2D eigenvalue weighted by Crippen LogP contribution is -2.35. The van der Waals surface area contributed by atoms with Crippen LogP contribution in [0.4, 0.5) is 0 Å². The zero-order valence-electron chi connectivity index (χ0n) is 11.2. The minimum absolute atomic E-state index is 0.364. The molecular weight excluding hydrogens is 226 g/mol. The van der Waals surface area contributed by atoms with Crippen LogP contribution in [0.5, 0.6) is 11.5 Å². The van der Waals surface area contributed by atoms with Crippen LogP contribution in [0.3, 0.4) is 0 Å². The molecule has 2 aliphatic heterocycles. The lowest BCUT2D eigenvalue weighted by atomic mass is 9.92. The van der Waals surface area contributed by atoms with Gasteiger partial charge in [0.2, 0.25) is 6.79 Å². The fourth-order valence-electron chi connectivity index (χ4n) is 2.94. The van der Waals surface area contributed by atoms with E-state index in [1.54, 1.807) is 0 Å². The van der Waals surface area contributed by atoms with Gasteiger partial charge in [-0.05, 0) is 56.8 Å². The fourth-order valence-corrected chi connectivity index (χ4v) is 2.94. The molecule has 0 aliphatic carbocycles. The highest BCUT2D eigenvalue weighted by molar-refractivity contribution is 5.55. The molecule has 98 valence electrons. The predicted octanol–water partition coefficient (Wildman–Crippen LogP) is 2.72. The minimum atomic E-state index is 0.364. The van der Waals surface area contributed by atoms with Crippen molar-refractivity contribution in [3.63, 3.8) is 0 Å². The van der Waals surface area contributed by atoms with E-state index in [1.807, 2.05) is 0 Å². The molecule has 2 heterocycles. The second kappa shape index (κ2) is 4.81. The molecule has 1 saturated heterocycles. The van der Waals surface area contributed by atoms with E-state index in [0.29, 0.717) is 12.8 Å². The Labute approximate surface area is 108 Å². The van der Waals surface area contributed by atoms with Gasteiger partial charge < -0.3 is 14.8 Å². The molecule has 3 rings (SSSR count). The van der Waals surface area contributed by atoms with Gasteiger partial charge in [0.25, 0.3) is 0 Å². The molecule has 1 unspecified atom stereocenters. The standard InChI is InChI=1S/C15H21NO2/c1-10-7-14-15(18-9-17-14)13(11(10)2)8-12-5-3-4-6-16-12/h7,12,16H,3-6,8-9H2,1-2H3. The van der Waals surface area contributed by atoms with E-state index in [1.165, 1.54) is 36.0 Å². The number of rotatable bonds is 2. The summed E-state index contributed by atoms with van der Waals surface area (Å²) < 4.78 is 11.2. The van der Waals surface area contributed by atoms with Crippen molar-refractivity contribution in [3.05, 3.63) is 22.8 Å². The number of fused-ring (bicyclic) bond motifs is 1. The minimum Gasteiger partial charge on any atom is -0.454 e. The maximum absolute atomic E-state index is 5.66. The summed E-state index contributed by atoms with van der Waals surface area (Å²) in [5.74, 6) is 1.90. The molecular formula is C15H21NO2. The van der Waals surface area contributed by atoms with Crippen molar-refractivity contribution in [2.45, 2.75) is 45.6 Å². The van der Waals surface area contributed by atoms with E-state index in [2.05, 4.69) is 25.2 Å². The summed E-state index contributed by atoms with van der Waals surface area (Å²) in [5, 5.41) is 3.61. The molecule has 0 aromatic heterocycles. The molecule has 1 atom stereocenters. The Hall–Kier alpha value is -1.22. The predicted molar refractivity (Wildman–Crippen MR) is 71.4 cm³/mol. The Morgan fingerprint density at radius 1 is 1.28 bits per heavy atom. The number of hydrogen-bond acceptors (Lipinski definition) is 3. The van der Waals surface area contributed by atoms with Gasteiger partial charge in [0.1, 0.15) is 0 Å². The van der Waals surface area contributed by atoms with Crippen LogP contribution in [0.2, 0.25) is 0 Å². The number of aryl methyl sites for hydroxylation is 1. The van der Waals surface area contributed by atoms with Gasteiger partial charge in [0.05, 0.1) is 0 Å². The highest BCUT2D eigenvalue weighted by Crippen LogP contribution is 2.40. The van der Waals surface area contributed by atoms with Gasteiger partial charge >= 0.3 is 0 Å². The first-order valence-corrected chi connectivity index (χ1v) is 6.88. The first kappa shape index (κ1) is 11.8. The van der Waals surface area contributed by atoms with Crippen molar-refractivity contribution in [2.75, 3.05) is 13.3 Å². The van der Waals surface area contributed by atoms with Crippen molar-refractivity contribution in [2.24, 2.45) is 0 Å². The normalized spacial score (nSPS) is 22.2. The maximum atomic E-state index is 5.66. The quantitative estimate of drug-likeness (QED) is 0.871. The van der Waals surface area contributed by atoms with Crippen LogP contribution in [-0.4, -0.2) is 19.4 Å². The molecule has 0 saturated carbocycles. The summed E-state index contributed by atoms with van der Waals surface area (Å²) in [7, 11) is 0. The van der Waals surface area contributed by atoms with E-state index in [9.17, 15) is 0 Å². The van der Waals surface area contributed by atoms with Crippen molar-refractivity contribution < 1.29 is 9.47 Å². The van der Waals surface area contributed by atoms with Crippen LogP contribution < -0.4 is 14.8 Å². The van der Waals surface area contributed by atoms with Gasteiger partial charge in [-0.1, -0.05) is 6.42 Å². The Morgan fingerprint density at radius 3 is 2.94 bits per heavy atom. The average Bonchev–Trinajstić information content (AvgIpc) is 2.84. The molecule has 1 aromatic carbocycles. The summed E-state index contributed by atoms with van der Waals surface area (Å²) >= 11 is 0. The zero-order chi connectivity index (χ0) is 12.5. The number of ether oxygens (including phenoxy) is 2. The third kappa shape index (κ3) is 2.07. The van der Waals surface area contributed by atoms with Crippen LogP contribution >= 0.6 is 0 Å². The zero-order valence-corrected chi connectivity index (χ0v) is 11.2. The van der Waals surface area contributed by atoms with Crippen LogP contribution in [-0.2, 0) is 6.42 Å². The van der Waals surface area contributed by atoms with Gasteiger partial charge in [0, 0.05) is 11.6 Å². The number of piperidine rings is 1. The molecule has 0 radical (unpaired) electrons. The molecule has 0 amide bonds. The highest BCUT2D eigenvalue weighted by Gasteiger charge is 2.24. The second-order valence-corrected chi connectivity index (χ2v) is 5.38. The summed E-state index contributed by atoms with van der Waals surface area (Å²) in [6.45, 7) is 5.85. The molecule has 1 fully saturated rings. The van der Waals surface area contributed by atoms with E-state index in [-0.39, 0.29) is 0 Å². The Balaban J connectivity index is 1.90. The molecule has 18 heavy (non-hydrogen) atoms.